The van der Waals surface area contributed by atoms with Crippen LogP contribution in [0.25, 0.3) is 17.1 Å². The first-order valence-corrected chi connectivity index (χ1v) is 13.4. The maximum atomic E-state index is 14.5. The van der Waals surface area contributed by atoms with Gasteiger partial charge in [-0.1, -0.05) is 57.7 Å². The van der Waals surface area contributed by atoms with Crippen LogP contribution in [0.4, 0.5) is 4.39 Å². The van der Waals surface area contributed by atoms with Gasteiger partial charge in [-0.2, -0.15) is 4.57 Å². The van der Waals surface area contributed by atoms with Gasteiger partial charge in [-0.05, 0) is 75.1 Å². The minimum atomic E-state index is -0.201. The molecule has 0 unspecified atom stereocenters. The summed E-state index contributed by atoms with van der Waals surface area (Å²) in [6.07, 6.45) is 15.1. The molecule has 3 aromatic rings. The van der Waals surface area contributed by atoms with E-state index in [4.69, 9.17) is 0 Å². The van der Waals surface area contributed by atoms with Gasteiger partial charge in [-0.15, -0.1) is 0 Å². The number of aromatic nitrogens is 2. The van der Waals surface area contributed by atoms with Crippen molar-refractivity contribution in [1.82, 2.24) is 4.57 Å². The number of rotatable bonds is 3. The Hall–Kier alpha value is -2.42. The predicted molar refractivity (Wildman–Crippen MR) is 136 cm³/mol. The Kier molecular flexibility index (Phi) is 5.06. The highest BCUT2D eigenvalue weighted by atomic mass is 19.1. The van der Waals surface area contributed by atoms with E-state index in [9.17, 15) is 4.39 Å². The Labute approximate surface area is 203 Å². The maximum Gasteiger partial charge on any atom is 0.294 e. The molecule has 2 aliphatic carbocycles. The van der Waals surface area contributed by atoms with Crippen LogP contribution in [-0.4, -0.2) is 4.57 Å². The largest absolute Gasteiger partial charge is 0.294 e. The van der Waals surface area contributed by atoms with Gasteiger partial charge in [0.15, 0.2) is 0 Å². The standard InChI is InChI=1S/C31H38FN2/c1-30(2)27-20-23(32)16-17-26(27)29-33(18-19-34(29)31(30,3)4)28-24(21-10-5-6-11-21)14-9-15-25(28)22-12-7-8-13-22/h9,14-22H,5-8,10-13H2,1-4H3/q+1. The summed E-state index contributed by atoms with van der Waals surface area (Å²) in [6.45, 7) is 9.12. The first-order chi connectivity index (χ1) is 16.3. The van der Waals surface area contributed by atoms with Crippen LogP contribution in [0.3, 0.4) is 0 Å². The van der Waals surface area contributed by atoms with Gasteiger partial charge in [0.2, 0.25) is 0 Å². The monoisotopic (exact) mass is 457 g/mol. The fourth-order valence-electron chi connectivity index (χ4n) is 7.13. The molecule has 3 aliphatic rings. The summed E-state index contributed by atoms with van der Waals surface area (Å²) >= 11 is 0. The van der Waals surface area contributed by atoms with E-state index in [1.54, 1.807) is 12.1 Å². The molecule has 0 bridgehead atoms. The smallest absolute Gasteiger partial charge is 0.224 e. The van der Waals surface area contributed by atoms with Gasteiger partial charge in [0.25, 0.3) is 5.82 Å². The number of nitrogens with zero attached hydrogens (tertiary/aromatic N) is 2. The third-order valence-corrected chi connectivity index (χ3v) is 9.78. The number of benzene rings is 2. The van der Waals surface area contributed by atoms with Crippen molar-refractivity contribution >= 4 is 0 Å². The molecule has 0 saturated heterocycles. The molecule has 0 spiro atoms. The summed E-state index contributed by atoms with van der Waals surface area (Å²) in [7, 11) is 0. The van der Waals surface area contributed by atoms with Crippen LogP contribution in [0.2, 0.25) is 0 Å². The normalized spacial score (nSPS) is 21.6. The van der Waals surface area contributed by atoms with Crippen molar-refractivity contribution in [2.24, 2.45) is 0 Å². The molecule has 0 radical (unpaired) electrons. The summed E-state index contributed by atoms with van der Waals surface area (Å²) in [4.78, 5) is 0. The molecular weight excluding hydrogens is 419 g/mol. The summed E-state index contributed by atoms with van der Waals surface area (Å²) < 4.78 is 19.5. The molecule has 6 rings (SSSR count). The molecule has 3 heteroatoms. The molecule has 0 amide bonds. The van der Waals surface area contributed by atoms with Crippen LogP contribution in [0.15, 0.2) is 48.8 Å². The fourth-order valence-corrected chi connectivity index (χ4v) is 7.13. The van der Waals surface area contributed by atoms with E-state index in [-0.39, 0.29) is 16.8 Å². The van der Waals surface area contributed by atoms with Gasteiger partial charge in [0, 0.05) is 16.5 Å². The van der Waals surface area contributed by atoms with E-state index in [1.165, 1.54) is 74.0 Å². The van der Waals surface area contributed by atoms with Gasteiger partial charge in [0.05, 0.1) is 5.56 Å². The first kappa shape index (κ1) is 22.1. The Morgan fingerprint density at radius 1 is 0.853 bits per heavy atom. The Bertz CT molecular complexity index is 1200. The molecule has 2 aromatic carbocycles. The second kappa shape index (κ2) is 7.80. The van der Waals surface area contributed by atoms with Gasteiger partial charge in [-0.3, -0.25) is 0 Å². The number of halogens is 1. The van der Waals surface area contributed by atoms with E-state index >= 15 is 0 Å². The highest BCUT2D eigenvalue weighted by Crippen LogP contribution is 2.48. The van der Waals surface area contributed by atoms with Crippen LogP contribution >= 0.6 is 0 Å². The quantitative estimate of drug-likeness (QED) is 0.353. The lowest BCUT2D eigenvalue weighted by atomic mass is 9.66. The molecule has 1 aliphatic heterocycles. The minimum absolute atomic E-state index is 0.146. The van der Waals surface area contributed by atoms with Crippen LogP contribution in [0.1, 0.15) is 108 Å². The van der Waals surface area contributed by atoms with Crippen molar-refractivity contribution in [3.63, 3.8) is 0 Å². The lowest BCUT2D eigenvalue weighted by Gasteiger charge is -2.44. The van der Waals surface area contributed by atoms with Gasteiger partial charge in [-0.25, -0.2) is 8.96 Å². The number of hydrogen-bond donors (Lipinski definition) is 0. The summed E-state index contributed by atoms with van der Waals surface area (Å²) in [5.41, 5.74) is 6.34. The van der Waals surface area contributed by atoms with Crippen LogP contribution in [0, 0.1) is 5.82 Å². The van der Waals surface area contributed by atoms with Gasteiger partial charge < -0.3 is 0 Å². The molecule has 0 atom stereocenters. The van der Waals surface area contributed by atoms with E-state index in [0.717, 1.165) is 11.1 Å². The van der Waals surface area contributed by atoms with Crippen LogP contribution in [-0.2, 0) is 11.0 Å². The highest BCUT2D eigenvalue weighted by Gasteiger charge is 2.52. The topological polar surface area (TPSA) is 8.81 Å². The van der Waals surface area contributed by atoms with Crippen molar-refractivity contribution < 1.29 is 8.96 Å². The zero-order valence-electron chi connectivity index (χ0n) is 21.2. The molecule has 0 N–H and O–H groups in total. The van der Waals surface area contributed by atoms with Gasteiger partial charge >= 0.3 is 0 Å². The van der Waals surface area contributed by atoms with E-state index in [1.807, 2.05) is 6.07 Å². The molecule has 2 nitrogen and oxygen atoms in total. The molecule has 2 fully saturated rings. The van der Waals surface area contributed by atoms with Crippen molar-refractivity contribution in [2.75, 3.05) is 0 Å². The van der Waals surface area contributed by atoms with Crippen LogP contribution in [0.5, 0.6) is 0 Å². The summed E-state index contributed by atoms with van der Waals surface area (Å²) in [5, 5.41) is 0. The van der Waals surface area contributed by atoms with E-state index < -0.39 is 0 Å². The second-order valence-corrected chi connectivity index (χ2v) is 12.0. The summed E-state index contributed by atoms with van der Waals surface area (Å²) in [6, 6.07) is 12.5. The number of fused-ring (bicyclic) bond motifs is 3. The Morgan fingerprint density at radius 2 is 1.44 bits per heavy atom. The number of para-hydroxylation sites is 1. The maximum absolute atomic E-state index is 14.5. The molecule has 34 heavy (non-hydrogen) atoms. The highest BCUT2D eigenvalue weighted by molar-refractivity contribution is 5.66. The summed E-state index contributed by atoms with van der Waals surface area (Å²) in [5.74, 6) is 2.33. The average Bonchev–Trinajstić information content (AvgIpc) is 3.59. The molecule has 2 heterocycles. The van der Waals surface area contributed by atoms with Gasteiger partial charge in [0.1, 0.15) is 29.4 Å². The average molecular weight is 458 g/mol. The zero-order valence-corrected chi connectivity index (χ0v) is 21.2. The van der Waals surface area contributed by atoms with E-state index in [2.05, 4.69) is 67.4 Å². The third kappa shape index (κ3) is 3.08. The van der Waals surface area contributed by atoms with Crippen molar-refractivity contribution in [3.8, 4) is 17.1 Å². The second-order valence-electron chi connectivity index (χ2n) is 12.0. The third-order valence-electron chi connectivity index (χ3n) is 9.78. The van der Waals surface area contributed by atoms with E-state index in [0.29, 0.717) is 11.8 Å². The van der Waals surface area contributed by atoms with Crippen molar-refractivity contribution in [2.45, 2.75) is 102 Å². The first-order valence-electron chi connectivity index (χ1n) is 13.4. The minimum Gasteiger partial charge on any atom is -0.224 e. The SMILES string of the molecule is CC1(C)c2cc(F)ccc2-c2n(-c3c(C4CCCC4)cccc3C3CCCC3)cc[n+]2C1(C)C. The number of hydrogen-bond acceptors (Lipinski definition) is 0. The lowest BCUT2D eigenvalue weighted by molar-refractivity contribution is -0.759. The van der Waals surface area contributed by atoms with Crippen LogP contribution < -0.4 is 4.57 Å². The fraction of sp³-hybridized carbons (Fsp3) is 0.516. The molecule has 178 valence electrons. The van der Waals surface area contributed by atoms with Crippen molar-refractivity contribution in [1.29, 1.82) is 0 Å². The van der Waals surface area contributed by atoms with Crippen molar-refractivity contribution in [3.05, 3.63) is 71.3 Å². The molecular formula is C31H38FN2+. The lowest BCUT2D eigenvalue weighted by Crippen LogP contribution is -2.64. The Morgan fingerprint density at radius 3 is 2.03 bits per heavy atom. The molecule has 2 saturated carbocycles. The Balaban J connectivity index is 1.65. The predicted octanol–water partition coefficient (Wildman–Crippen LogP) is 7.91. The molecule has 1 aromatic heterocycles. The number of imidazole rings is 1. The zero-order chi connectivity index (χ0) is 23.7.